The lowest BCUT2D eigenvalue weighted by Crippen LogP contribution is -2.53. The number of furan rings is 1. The van der Waals surface area contributed by atoms with E-state index < -0.39 is 11.8 Å². The first-order chi connectivity index (χ1) is 11.5. The van der Waals surface area contributed by atoms with Gasteiger partial charge in [0.05, 0.1) is 0 Å². The highest BCUT2D eigenvalue weighted by atomic mass is 16.3. The zero-order valence-electron chi connectivity index (χ0n) is 13.7. The van der Waals surface area contributed by atoms with Crippen molar-refractivity contribution in [2.45, 2.75) is 25.8 Å². The second-order valence-electron chi connectivity index (χ2n) is 6.15. The highest BCUT2D eigenvalue weighted by Gasteiger charge is 2.31. The monoisotopic (exact) mass is 331 g/mol. The zero-order valence-corrected chi connectivity index (χ0v) is 13.7. The number of nitrogens with one attached hydrogen (secondary N) is 1. The van der Waals surface area contributed by atoms with Gasteiger partial charge < -0.3 is 19.5 Å². The quantitative estimate of drug-likeness (QED) is 0.648. The molecule has 0 atom stereocenters. The Labute approximate surface area is 140 Å². The molecule has 24 heavy (non-hydrogen) atoms. The van der Waals surface area contributed by atoms with Gasteiger partial charge in [-0.15, -0.1) is 0 Å². The fourth-order valence-electron chi connectivity index (χ4n) is 2.55. The molecule has 1 aromatic rings. The smallest absolute Gasteiger partial charge is 0.312 e. The van der Waals surface area contributed by atoms with Crippen molar-refractivity contribution in [3.8, 4) is 0 Å². The fraction of sp³-hybridized carbons (Fsp3) is 0.471. The molecular weight excluding hydrogens is 310 g/mol. The van der Waals surface area contributed by atoms with Crippen molar-refractivity contribution in [2.24, 2.45) is 0 Å². The largest absolute Gasteiger partial charge is 0.462 e. The van der Waals surface area contributed by atoms with E-state index in [0.717, 1.165) is 18.6 Å². The summed E-state index contributed by atoms with van der Waals surface area (Å²) >= 11 is 0. The van der Waals surface area contributed by atoms with Crippen LogP contribution in [-0.2, 0) is 14.4 Å². The average Bonchev–Trinajstić information content (AvgIpc) is 3.31. The van der Waals surface area contributed by atoms with Crippen molar-refractivity contribution in [2.75, 3.05) is 26.2 Å². The molecule has 0 bridgehead atoms. The zero-order chi connectivity index (χ0) is 17.1. The SMILES string of the molecule is Cc1ccc(/C=C/C(=O)N2CCN(C(=O)C(=O)NC3CC3)CC2)o1. The molecule has 2 aliphatic rings. The number of nitrogens with zero attached hydrogens (tertiary/aromatic N) is 2. The predicted molar refractivity (Wildman–Crippen MR) is 86.8 cm³/mol. The molecule has 1 saturated carbocycles. The van der Waals surface area contributed by atoms with Gasteiger partial charge in [-0.05, 0) is 38.0 Å². The van der Waals surface area contributed by atoms with Crippen LogP contribution in [0.15, 0.2) is 22.6 Å². The molecule has 0 aromatic carbocycles. The van der Waals surface area contributed by atoms with Gasteiger partial charge in [0.25, 0.3) is 0 Å². The molecule has 0 unspecified atom stereocenters. The molecule has 2 heterocycles. The first kappa shape index (κ1) is 16.3. The number of rotatable bonds is 3. The molecular formula is C17H21N3O4. The summed E-state index contributed by atoms with van der Waals surface area (Å²) in [7, 11) is 0. The maximum absolute atomic E-state index is 12.2. The molecule has 1 aliphatic heterocycles. The van der Waals surface area contributed by atoms with E-state index in [2.05, 4.69) is 5.32 Å². The predicted octanol–water partition coefficient (Wildman–Crippen LogP) is 0.551. The molecule has 0 radical (unpaired) electrons. The third kappa shape index (κ3) is 4.04. The van der Waals surface area contributed by atoms with Crippen molar-refractivity contribution < 1.29 is 18.8 Å². The van der Waals surface area contributed by atoms with Crippen LogP contribution in [0.4, 0.5) is 0 Å². The van der Waals surface area contributed by atoms with E-state index in [9.17, 15) is 14.4 Å². The van der Waals surface area contributed by atoms with E-state index in [1.807, 2.05) is 13.0 Å². The van der Waals surface area contributed by atoms with Crippen molar-refractivity contribution in [1.82, 2.24) is 15.1 Å². The van der Waals surface area contributed by atoms with Crippen molar-refractivity contribution in [3.63, 3.8) is 0 Å². The van der Waals surface area contributed by atoms with Gasteiger partial charge in [0, 0.05) is 38.3 Å². The number of carbonyl (C=O) groups excluding carboxylic acids is 3. The number of hydrogen-bond donors (Lipinski definition) is 1. The molecule has 0 spiro atoms. The van der Waals surface area contributed by atoms with Crippen LogP contribution in [0.1, 0.15) is 24.4 Å². The minimum atomic E-state index is -0.537. The molecule has 1 aliphatic carbocycles. The number of carbonyl (C=O) groups is 3. The van der Waals surface area contributed by atoms with E-state index in [0.29, 0.717) is 31.9 Å². The third-order valence-electron chi connectivity index (χ3n) is 4.14. The second kappa shape index (κ2) is 6.90. The first-order valence-electron chi connectivity index (χ1n) is 8.16. The Morgan fingerprint density at radius 3 is 2.38 bits per heavy atom. The van der Waals surface area contributed by atoms with E-state index in [4.69, 9.17) is 4.42 Å². The second-order valence-corrected chi connectivity index (χ2v) is 6.15. The maximum atomic E-state index is 12.2. The highest BCUT2D eigenvalue weighted by molar-refractivity contribution is 6.35. The van der Waals surface area contributed by atoms with E-state index >= 15 is 0 Å². The van der Waals surface area contributed by atoms with Gasteiger partial charge in [0.15, 0.2) is 0 Å². The molecule has 7 nitrogen and oxygen atoms in total. The van der Waals surface area contributed by atoms with Crippen LogP contribution in [-0.4, -0.2) is 59.7 Å². The average molecular weight is 331 g/mol. The van der Waals surface area contributed by atoms with Crippen LogP contribution in [0, 0.1) is 6.92 Å². The van der Waals surface area contributed by atoms with Crippen molar-refractivity contribution in [3.05, 3.63) is 29.7 Å². The van der Waals surface area contributed by atoms with Crippen LogP contribution in [0.25, 0.3) is 6.08 Å². The Bertz CT molecular complexity index is 667. The van der Waals surface area contributed by atoms with E-state index in [1.54, 1.807) is 17.0 Å². The topological polar surface area (TPSA) is 82.9 Å². The molecule has 1 N–H and O–H groups in total. The summed E-state index contributed by atoms with van der Waals surface area (Å²) in [4.78, 5) is 39.1. The lowest BCUT2D eigenvalue weighted by atomic mass is 10.2. The summed E-state index contributed by atoms with van der Waals surface area (Å²) in [5.41, 5.74) is 0. The normalized spacial score (nSPS) is 18.0. The van der Waals surface area contributed by atoms with Crippen LogP contribution in [0.5, 0.6) is 0 Å². The molecule has 1 saturated heterocycles. The molecule has 128 valence electrons. The minimum absolute atomic E-state index is 0.126. The van der Waals surface area contributed by atoms with Gasteiger partial charge in [-0.3, -0.25) is 14.4 Å². The summed E-state index contributed by atoms with van der Waals surface area (Å²) in [6, 6.07) is 3.80. The molecule has 3 rings (SSSR count). The van der Waals surface area contributed by atoms with Crippen molar-refractivity contribution in [1.29, 1.82) is 0 Å². The number of piperazine rings is 1. The third-order valence-corrected chi connectivity index (χ3v) is 4.14. The molecule has 1 aromatic heterocycles. The Balaban J connectivity index is 1.47. The van der Waals surface area contributed by atoms with Gasteiger partial charge in [-0.1, -0.05) is 0 Å². The summed E-state index contributed by atoms with van der Waals surface area (Å²) in [5, 5.41) is 2.69. The van der Waals surface area contributed by atoms with E-state index in [-0.39, 0.29) is 11.9 Å². The van der Waals surface area contributed by atoms with Crippen LogP contribution in [0.3, 0.4) is 0 Å². The minimum Gasteiger partial charge on any atom is -0.462 e. The molecule has 2 fully saturated rings. The lowest BCUT2D eigenvalue weighted by molar-refractivity contribution is -0.148. The number of amides is 3. The van der Waals surface area contributed by atoms with Crippen LogP contribution < -0.4 is 5.32 Å². The van der Waals surface area contributed by atoms with Crippen LogP contribution >= 0.6 is 0 Å². The molecule has 7 heteroatoms. The Hall–Kier alpha value is -2.57. The number of hydrogen-bond acceptors (Lipinski definition) is 4. The van der Waals surface area contributed by atoms with Gasteiger partial charge in [-0.25, -0.2) is 0 Å². The Morgan fingerprint density at radius 1 is 1.12 bits per heavy atom. The summed E-state index contributed by atoms with van der Waals surface area (Å²) in [6.07, 6.45) is 5.00. The lowest BCUT2D eigenvalue weighted by Gasteiger charge is -2.33. The first-order valence-corrected chi connectivity index (χ1v) is 8.16. The van der Waals surface area contributed by atoms with Crippen molar-refractivity contribution >= 4 is 23.8 Å². The highest BCUT2D eigenvalue weighted by Crippen LogP contribution is 2.18. The van der Waals surface area contributed by atoms with Crippen LogP contribution in [0.2, 0.25) is 0 Å². The maximum Gasteiger partial charge on any atom is 0.312 e. The number of aryl methyl sites for hydroxylation is 1. The Kier molecular flexibility index (Phi) is 4.69. The van der Waals surface area contributed by atoms with Gasteiger partial charge >= 0.3 is 11.8 Å². The fourth-order valence-corrected chi connectivity index (χ4v) is 2.55. The van der Waals surface area contributed by atoms with E-state index in [1.165, 1.54) is 11.0 Å². The summed E-state index contributed by atoms with van der Waals surface area (Å²) in [6.45, 7) is 3.42. The van der Waals surface area contributed by atoms with Gasteiger partial charge in [-0.2, -0.15) is 0 Å². The van der Waals surface area contributed by atoms with Gasteiger partial charge in [0.1, 0.15) is 11.5 Å². The molecule has 3 amide bonds. The summed E-state index contributed by atoms with van der Waals surface area (Å²) < 4.78 is 5.38. The summed E-state index contributed by atoms with van der Waals surface area (Å²) in [5.74, 6) is 0.254. The van der Waals surface area contributed by atoms with Gasteiger partial charge in [0.2, 0.25) is 5.91 Å². The Morgan fingerprint density at radius 2 is 1.79 bits per heavy atom. The standard InChI is InChI=1S/C17H21N3O4/c1-12-2-5-14(24-12)6-7-15(21)19-8-10-20(11-9-19)17(23)16(22)18-13-3-4-13/h2,5-7,13H,3-4,8-11H2,1H3,(H,18,22)/b7-6+.